The zero-order valence-electron chi connectivity index (χ0n) is 14.2. The molecule has 1 aromatic heterocycles. The van der Waals surface area contributed by atoms with Crippen molar-refractivity contribution in [1.29, 1.82) is 0 Å². The Bertz CT molecular complexity index is 659. The molecule has 128 valence electrons. The molecule has 2 N–H and O–H groups in total. The molecule has 1 saturated carbocycles. The highest BCUT2D eigenvalue weighted by Gasteiger charge is 2.37. The average Bonchev–Trinajstić information content (AvgIpc) is 3.20. The van der Waals surface area contributed by atoms with Crippen LogP contribution in [0.25, 0.3) is 0 Å². The first-order valence-corrected chi connectivity index (χ1v) is 9.76. The molecule has 0 aliphatic heterocycles. The number of anilines is 1. The molecule has 5 heteroatoms. The zero-order chi connectivity index (χ0) is 17.0. The van der Waals surface area contributed by atoms with Gasteiger partial charge in [-0.1, -0.05) is 18.9 Å². The summed E-state index contributed by atoms with van der Waals surface area (Å²) < 4.78 is 5.67. The Morgan fingerprint density at radius 2 is 1.88 bits per heavy atom. The molecular weight excluding hydrogens is 336 g/mol. The number of thiocarbonyl (C=S) groups is 1. The fourth-order valence-electron chi connectivity index (χ4n) is 3.23. The van der Waals surface area contributed by atoms with Gasteiger partial charge in [0.2, 0.25) is 0 Å². The van der Waals surface area contributed by atoms with Crippen LogP contribution < -0.4 is 15.4 Å². The van der Waals surface area contributed by atoms with Crippen LogP contribution in [0, 0.1) is 0 Å². The van der Waals surface area contributed by atoms with Gasteiger partial charge in [-0.2, -0.15) is 0 Å². The zero-order valence-corrected chi connectivity index (χ0v) is 15.8. The van der Waals surface area contributed by atoms with Crippen molar-refractivity contribution in [1.82, 2.24) is 5.32 Å². The average molecular weight is 361 g/mol. The maximum Gasteiger partial charge on any atom is 0.171 e. The molecular formula is C19H24N2OS2. The van der Waals surface area contributed by atoms with E-state index in [-0.39, 0.29) is 11.6 Å². The van der Waals surface area contributed by atoms with Gasteiger partial charge in [-0.05, 0) is 74.6 Å². The summed E-state index contributed by atoms with van der Waals surface area (Å²) >= 11 is 7.38. The lowest BCUT2D eigenvalue weighted by Gasteiger charge is -2.31. The third-order valence-corrected chi connectivity index (χ3v) is 5.56. The minimum absolute atomic E-state index is 0.00105. The van der Waals surface area contributed by atoms with Crippen molar-refractivity contribution >= 4 is 34.4 Å². The standard InChI is InChI=1S/C19H24N2OS2/c1-14(2)22-16-9-7-15(8-10-16)20-18(23)21-19(11-3-4-12-19)17-6-5-13-24-17/h5-10,13-14H,3-4,11-12H2,1-2H3,(H2,20,21,23). The second-order valence-corrected chi connectivity index (χ2v) is 7.89. The lowest BCUT2D eigenvalue weighted by Crippen LogP contribution is -2.45. The maximum absolute atomic E-state index is 5.67. The highest BCUT2D eigenvalue weighted by Crippen LogP contribution is 2.40. The summed E-state index contributed by atoms with van der Waals surface area (Å²) in [5, 5.41) is 9.72. The second kappa shape index (κ2) is 7.53. The largest absolute Gasteiger partial charge is 0.491 e. The molecule has 1 aliphatic rings. The van der Waals surface area contributed by atoms with Crippen LogP contribution in [0.5, 0.6) is 5.75 Å². The third-order valence-electron chi connectivity index (χ3n) is 4.29. The van der Waals surface area contributed by atoms with E-state index < -0.39 is 0 Å². The molecule has 1 heterocycles. The molecule has 0 amide bonds. The van der Waals surface area contributed by atoms with Gasteiger partial charge in [-0.15, -0.1) is 11.3 Å². The maximum atomic E-state index is 5.67. The Labute approximate surface area is 153 Å². The van der Waals surface area contributed by atoms with E-state index in [2.05, 4.69) is 28.1 Å². The van der Waals surface area contributed by atoms with Crippen LogP contribution in [-0.4, -0.2) is 11.2 Å². The molecule has 2 aromatic rings. The summed E-state index contributed by atoms with van der Waals surface area (Å²) in [5.41, 5.74) is 0.974. The van der Waals surface area contributed by atoms with Gasteiger partial charge >= 0.3 is 0 Å². The molecule has 3 rings (SSSR count). The first-order valence-electron chi connectivity index (χ1n) is 8.47. The van der Waals surface area contributed by atoms with Crippen molar-refractivity contribution in [3.05, 3.63) is 46.7 Å². The van der Waals surface area contributed by atoms with Gasteiger partial charge < -0.3 is 15.4 Å². The van der Waals surface area contributed by atoms with Crippen molar-refractivity contribution < 1.29 is 4.74 Å². The molecule has 0 bridgehead atoms. The monoisotopic (exact) mass is 360 g/mol. The van der Waals surface area contributed by atoms with E-state index in [1.165, 1.54) is 17.7 Å². The summed E-state index contributed by atoms with van der Waals surface area (Å²) in [5.74, 6) is 0.875. The Kier molecular flexibility index (Phi) is 5.41. The Morgan fingerprint density at radius 1 is 1.17 bits per heavy atom. The van der Waals surface area contributed by atoms with Crippen molar-refractivity contribution in [2.75, 3.05) is 5.32 Å². The number of rotatable bonds is 5. The number of hydrogen-bond acceptors (Lipinski definition) is 3. The first-order chi connectivity index (χ1) is 11.6. The highest BCUT2D eigenvalue weighted by atomic mass is 32.1. The van der Waals surface area contributed by atoms with Crippen LogP contribution in [0.3, 0.4) is 0 Å². The van der Waals surface area contributed by atoms with E-state index in [0.717, 1.165) is 24.3 Å². The van der Waals surface area contributed by atoms with Gasteiger partial charge in [0.15, 0.2) is 5.11 Å². The molecule has 0 unspecified atom stereocenters. The van der Waals surface area contributed by atoms with E-state index in [1.807, 2.05) is 49.4 Å². The van der Waals surface area contributed by atoms with Gasteiger partial charge in [-0.3, -0.25) is 0 Å². The van der Waals surface area contributed by atoms with E-state index in [4.69, 9.17) is 17.0 Å². The fourth-order valence-corrected chi connectivity index (χ4v) is 4.49. The van der Waals surface area contributed by atoms with Crippen molar-refractivity contribution in [2.45, 2.75) is 51.2 Å². The van der Waals surface area contributed by atoms with Crippen LogP contribution >= 0.6 is 23.6 Å². The predicted molar refractivity (Wildman–Crippen MR) is 106 cm³/mol. The molecule has 0 saturated heterocycles. The summed E-state index contributed by atoms with van der Waals surface area (Å²) in [6.07, 6.45) is 4.94. The van der Waals surface area contributed by atoms with Crippen LogP contribution in [0.4, 0.5) is 5.69 Å². The topological polar surface area (TPSA) is 33.3 Å². The van der Waals surface area contributed by atoms with Crippen molar-refractivity contribution in [2.24, 2.45) is 0 Å². The molecule has 0 radical (unpaired) electrons. The summed E-state index contributed by atoms with van der Waals surface area (Å²) in [6, 6.07) is 12.3. The summed E-state index contributed by atoms with van der Waals surface area (Å²) in [4.78, 5) is 1.38. The van der Waals surface area contributed by atoms with Crippen molar-refractivity contribution in [3.8, 4) is 5.75 Å². The lowest BCUT2D eigenvalue weighted by atomic mass is 9.96. The van der Waals surface area contributed by atoms with Crippen LogP contribution in [-0.2, 0) is 5.54 Å². The Morgan fingerprint density at radius 3 is 2.46 bits per heavy atom. The summed E-state index contributed by atoms with van der Waals surface area (Å²) in [6.45, 7) is 4.05. The Balaban J connectivity index is 1.64. The molecule has 0 atom stereocenters. The second-order valence-electron chi connectivity index (χ2n) is 6.54. The van der Waals surface area contributed by atoms with Gasteiger partial charge in [0.05, 0.1) is 11.6 Å². The van der Waals surface area contributed by atoms with E-state index in [1.54, 1.807) is 0 Å². The van der Waals surface area contributed by atoms with Crippen LogP contribution in [0.15, 0.2) is 41.8 Å². The van der Waals surface area contributed by atoms with E-state index >= 15 is 0 Å². The molecule has 1 aliphatic carbocycles. The highest BCUT2D eigenvalue weighted by molar-refractivity contribution is 7.80. The molecule has 24 heavy (non-hydrogen) atoms. The van der Waals surface area contributed by atoms with Crippen molar-refractivity contribution in [3.63, 3.8) is 0 Å². The van der Waals surface area contributed by atoms with Crippen LogP contribution in [0.2, 0.25) is 0 Å². The normalized spacial score (nSPS) is 16.1. The number of hydrogen-bond donors (Lipinski definition) is 2. The van der Waals surface area contributed by atoms with Gasteiger partial charge in [0, 0.05) is 10.6 Å². The first kappa shape index (κ1) is 17.2. The van der Waals surface area contributed by atoms with Crippen LogP contribution in [0.1, 0.15) is 44.4 Å². The fraction of sp³-hybridized carbons (Fsp3) is 0.421. The number of thiophene rings is 1. The molecule has 1 aromatic carbocycles. The quantitative estimate of drug-likeness (QED) is 0.710. The minimum atomic E-state index is -0.00105. The van der Waals surface area contributed by atoms with Gasteiger partial charge in [0.1, 0.15) is 5.75 Å². The Hall–Kier alpha value is -1.59. The van der Waals surface area contributed by atoms with E-state index in [0.29, 0.717) is 5.11 Å². The summed E-state index contributed by atoms with van der Waals surface area (Å²) in [7, 11) is 0. The third kappa shape index (κ3) is 4.08. The minimum Gasteiger partial charge on any atom is -0.491 e. The number of ether oxygens (including phenoxy) is 1. The number of benzene rings is 1. The SMILES string of the molecule is CC(C)Oc1ccc(NC(=S)NC2(c3cccs3)CCCC2)cc1. The molecule has 1 fully saturated rings. The lowest BCUT2D eigenvalue weighted by molar-refractivity contribution is 0.242. The predicted octanol–water partition coefficient (Wildman–Crippen LogP) is 5.29. The smallest absolute Gasteiger partial charge is 0.171 e. The molecule has 3 nitrogen and oxygen atoms in total. The van der Waals surface area contributed by atoms with E-state index in [9.17, 15) is 0 Å². The van der Waals surface area contributed by atoms with Gasteiger partial charge in [0.25, 0.3) is 0 Å². The van der Waals surface area contributed by atoms with Gasteiger partial charge in [-0.25, -0.2) is 0 Å². The number of nitrogens with one attached hydrogen (secondary N) is 2. The molecule has 0 spiro atoms.